The molecule has 96 valence electrons. The van der Waals surface area contributed by atoms with Crippen LogP contribution in [0.2, 0.25) is 0 Å². The van der Waals surface area contributed by atoms with Crippen LogP contribution in [0.25, 0.3) is 33.1 Å². The van der Waals surface area contributed by atoms with E-state index in [-0.39, 0.29) is 0 Å². The molecule has 1 heterocycles. The second-order valence-corrected chi connectivity index (χ2v) is 5.71. The van der Waals surface area contributed by atoms with Gasteiger partial charge in [-0.1, -0.05) is 64.5 Å². The summed E-state index contributed by atoms with van der Waals surface area (Å²) in [7, 11) is 0. The number of halogens is 1. The third-order valence-electron chi connectivity index (χ3n) is 3.54. The summed E-state index contributed by atoms with van der Waals surface area (Å²) < 4.78 is 7.14. The average molecular weight is 323 g/mol. The predicted molar refractivity (Wildman–Crippen MR) is 86.9 cm³/mol. The zero-order valence-electron chi connectivity index (χ0n) is 10.6. The molecule has 0 radical (unpaired) electrons. The highest BCUT2D eigenvalue weighted by Crippen LogP contribution is 2.36. The van der Waals surface area contributed by atoms with E-state index < -0.39 is 0 Å². The van der Waals surface area contributed by atoms with E-state index in [2.05, 4.69) is 52.3 Å². The summed E-state index contributed by atoms with van der Waals surface area (Å²) in [5.74, 6) is 0. The van der Waals surface area contributed by atoms with Gasteiger partial charge in [-0.3, -0.25) is 0 Å². The molecule has 0 spiro atoms. The fourth-order valence-electron chi connectivity index (χ4n) is 2.62. The highest BCUT2D eigenvalue weighted by atomic mass is 79.9. The van der Waals surface area contributed by atoms with E-state index in [1.807, 2.05) is 30.3 Å². The first-order valence-corrected chi connectivity index (χ1v) is 7.28. The predicted octanol–water partition coefficient (Wildman–Crippen LogP) is 6.02. The second-order valence-electron chi connectivity index (χ2n) is 4.79. The van der Waals surface area contributed by atoms with Crippen LogP contribution in [0.3, 0.4) is 0 Å². The van der Waals surface area contributed by atoms with E-state index in [4.69, 9.17) is 4.42 Å². The Morgan fingerprint density at radius 2 is 1.60 bits per heavy atom. The van der Waals surface area contributed by atoms with Crippen LogP contribution in [-0.2, 0) is 0 Å². The van der Waals surface area contributed by atoms with Gasteiger partial charge in [0, 0.05) is 20.8 Å². The lowest BCUT2D eigenvalue weighted by molar-refractivity contribution is 0.670. The molecule has 2 heteroatoms. The number of para-hydroxylation sites is 1. The number of hydrogen-bond donors (Lipinski definition) is 0. The van der Waals surface area contributed by atoms with E-state index in [0.717, 1.165) is 32.0 Å². The van der Waals surface area contributed by atoms with Crippen molar-refractivity contribution in [2.24, 2.45) is 0 Å². The van der Waals surface area contributed by atoms with Crippen LogP contribution in [0.4, 0.5) is 0 Å². The number of furan rings is 1. The summed E-state index contributed by atoms with van der Waals surface area (Å²) in [6.45, 7) is 0. The summed E-state index contributed by atoms with van der Waals surface area (Å²) in [5.41, 5.74) is 4.19. The van der Waals surface area contributed by atoms with Crippen LogP contribution in [0.15, 0.2) is 75.6 Å². The topological polar surface area (TPSA) is 13.1 Å². The first-order valence-electron chi connectivity index (χ1n) is 6.49. The maximum atomic E-state index is 6.07. The molecule has 0 unspecified atom stereocenters. The number of benzene rings is 3. The number of fused-ring (bicyclic) bond motifs is 3. The van der Waals surface area contributed by atoms with E-state index in [1.54, 1.807) is 0 Å². The first kappa shape index (κ1) is 11.7. The van der Waals surface area contributed by atoms with Crippen LogP contribution in [0, 0.1) is 0 Å². The summed E-state index contributed by atoms with van der Waals surface area (Å²) in [6, 6.07) is 22.8. The van der Waals surface area contributed by atoms with Crippen molar-refractivity contribution in [2.75, 3.05) is 0 Å². The summed E-state index contributed by atoms with van der Waals surface area (Å²) >= 11 is 3.52. The minimum atomic E-state index is 0.923. The van der Waals surface area contributed by atoms with Crippen molar-refractivity contribution >= 4 is 37.9 Å². The highest BCUT2D eigenvalue weighted by molar-refractivity contribution is 9.10. The van der Waals surface area contributed by atoms with Gasteiger partial charge in [0.05, 0.1) is 0 Å². The Bertz CT molecular complexity index is 907. The molecule has 0 bridgehead atoms. The van der Waals surface area contributed by atoms with Crippen molar-refractivity contribution in [2.45, 2.75) is 0 Å². The molecular weight excluding hydrogens is 312 g/mol. The Labute approximate surface area is 125 Å². The molecule has 0 N–H and O–H groups in total. The molecule has 20 heavy (non-hydrogen) atoms. The Morgan fingerprint density at radius 3 is 2.45 bits per heavy atom. The van der Waals surface area contributed by atoms with Gasteiger partial charge in [-0.05, 0) is 23.8 Å². The van der Waals surface area contributed by atoms with Crippen molar-refractivity contribution in [1.29, 1.82) is 0 Å². The van der Waals surface area contributed by atoms with Gasteiger partial charge in [-0.25, -0.2) is 0 Å². The average Bonchev–Trinajstić information content (AvgIpc) is 2.86. The van der Waals surface area contributed by atoms with Crippen molar-refractivity contribution in [3.63, 3.8) is 0 Å². The number of rotatable bonds is 1. The van der Waals surface area contributed by atoms with Gasteiger partial charge in [-0.15, -0.1) is 0 Å². The Hall–Kier alpha value is -2.06. The molecule has 0 saturated heterocycles. The van der Waals surface area contributed by atoms with Crippen molar-refractivity contribution in [1.82, 2.24) is 0 Å². The van der Waals surface area contributed by atoms with Crippen molar-refractivity contribution in [3.05, 3.63) is 71.2 Å². The van der Waals surface area contributed by atoms with Crippen LogP contribution in [0.5, 0.6) is 0 Å². The Morgan fingerprint density at radius 1 is 0.750 bits per heavy atom. The Balaban J connectivity index is 2.11. The third-order valence-corrected chi connectivity index (χ3v) is 4.04. The summed E-state index contributed by atoms with van der Waals surface area (Å²) in [6.07, 6.45) is 0. The standard InChI is InChI=1S/C18H11BrO/c19-13-9-10-17-16(11-13)15-8-4-7-14(18(15)20-17)12-5-2-1-3-6-12/h1-11H. The van der Waals surface area contributed by atoms with E-state index >= 15 is 0 Å². The van der Waals surface area contributed by atoms with Crippen molar-refractivity contribution in [3.8, 4) is 11.1 Å². The Kier molecular flexibility index (Phi) is 2.64. The molecule has 0 aliphatic heterocycles. The van der Waals surface area contributed by atoms with Crippen LogP contribution in [0.1, 0.15) is 0 Å². The molecule has 0 aliphatic rings. The largest absolute Gasteiger partial charge is 0.455 e. The fraction of sp³-hybridized carbons (Fsp3) is 0. The lowest BCUT2D eigenvalue weighted by atomic mass is 10.0. The molecule has 0 fully saturated rings. The smallest absolute Gasteiger partial charge is 0.143 e. The normalized spacial score (nSPS) is 11.2. The zero-order chi connectivity index (χ0) is 13.5. The van der Waals surface area contributed by atoms with E-state index in [9.17, 15) is 0 Å². The minimum absolute atomic E-state index is 0.923. The second kappa shape index (κ2) is 4.50. The molecule has 0 saturated carbocycles. The van der Waals surface area contributed by atoms with Gasteiger partial charge in [0.1, 0.15) is 11.2 Å². The fourth-order valence-corrected chi connectivity index (χ4v) is 2.98. The maximum absolute atomic E-state index is 6.07. The molecule has 3 aromatic carbocycles. The monoisotopic (exact) mass is 322 g/mol. The summed E-state index contributed by atoms with van der Waals surface area (Å²) in [5, 5.41) is 2.30. The van der Waals surface area contributed by atoms with Gasteiger partial charge in [0.25, 0.3) is 0 Å². The maximum Gasteiger partial charge on any atom is 0.143 e. The van der Waals surface area contributed by atoms with Crippen LogP contribution >= 0.6 is 15.9 Å². The van der Waals surface area contributed by atoms with Crippen LogP contribution < -0.4 is 0 Å². The quantitative estimate of drug-likeness (QED) is 0.418. The third kappa shape index (κ3) is 1.76. The molecule has 0 amide bonds. The molecule has 0 aliphatic carbocycles. The molecule has 4 aromatic rings. The summed E-state index contributed by atoms with van der Waals surface area (Å²) in [4.78, 5) is 0. The SMILES string of the molecule is Brc1ccc2oc3c(-c4ccccc4)cccc3c2c1. The van der Waals surface area contributed by atoms with Gasteiger partial charge in [0.2, 0.25) is 0 Å². The van der Waals surface area contributed by atoms with Gasteiger partial charge >= 0.3 is 0 Å². The molecule has 1 aromatic heterocycles. The lowest BCUT2D eigenvalue weighted by Crippen LogP contribution is -1.77. The number of hydrogen-bond acceptors (Lipinski definition) is 1. The van der Waals surface area contributed by atoms with Gasteiger partial charge in [0.15, 0.2) is 0 Å². The molecule has 4 rings (SSSR count). The first-order chi connectivity index (χ1) is 9.83. The molecular formula is C18H11BrO. The highest BCUT2D eigenvalue weighted by Gasteiger charge is 2.11. The van der Waals surface area contributed by atoms with E-state index in [1.165, 1.54) is 5.56 Å². The van der Waals surface area contributed by atoms with E-state index in [0.29, 0.717) is 0 Å². The zero-order valence-corrected chi connectivity index (χ0v) is 12.2. The van der Waals surface area contributed by atoms with Crippen LogP contribution in [-0.4, -0.2) is 0 Å². The van der Waals surface area contributed by atoms with Crippen molar-refractivity contribution < 1.29 is 4.42 Å². The molecule has 0 atom stereocenters. The van der Waals surface area contributed by atoms with Gasteiger partial charge in [-0.2, -0.15) is 0 Å². The minimum Gasteiger partial charge on any atom is -0.455 e. The van der Waals surface area contributed by atoms with Gasteiger partial charge < -0.3 is 4.42 Å². The lowest BCUT2D eigenvalue weighted by Gasteiger charge is -2.01. The molecule has 1 nitrogen and oxygen atoms in total.